The summed E-state index contributed by atoms with van der Waals surface area (Å²) >= 11 is 0. The van der Waals surface area contributed by atoms with Gasteiger partial charge in [-0.05, 0) is 31.0 Å². The maximum absolute atomic E-state index is 13.6. The van der Waals surface area contributed by atoms with E-state index in [0.717, 1.165) is 11.9 Å². The van der Waals surface area contributed by atoms with Crippen molar-refractivity contribution in [2.75, 3.05) is 18.4 Å². The van der Waals surface area contributed by atoms with E-state index in [2.05, 4.69) is 10.3 Å². The molecule has 0 saturated carbocycles. The SMILES string of the molecule is C[C@@H](C(=O)Nc1cn2c(n1)CC[C@H]2c1cc(F)cc(F)c1)N1CCC(F)(F)CC1. The standard InChI is InChI=1S/C20H22F4N4O/c1-12(27-6-4-20(23,24)5-7-27)19(29)26-17-11-28-16(2-3-18(28)25-17)13-8-14(21)10-15(22)9-13/h8-12,16H,2-7H2,1H3,(H,26,29)/t12-,16-/m0/s1. The van der Waals surface area contributed by atoms with Crippen LogP contribution in [0.5, 0.6) is 0 Å². The topological polar surface area (TPSA) is 50.2 Å². The highest BCUT2D eigenvalue weighted by Gasteiger charge is 2.37. The molecule has 2 atom stereocenters. The second kappa shape index (κ2) is 7.44. The summed E-state index contributed by atoms with van der Waals surface area (Å²) in [4.78, 5) is 18.7. The first-order valence-corrected chi connectivity index (χ1v) is 9.68. The molecule has 29 heavy (non-hydrogen) atoms. The number of alkyl halides is 2. The number of nitrogens with one attached hydrogen (secondary N) is 1. The summed E-state index contributed by atoms with van der Waals surface area (Å²) in [6.45, 7) is 2.00. The molecule has 1 aromatic carbocycles. The van der Waals surface area contributed by atoms with Crippen molar-refractivity contribution in [1.29, 1.82) is 0 Å². The monoisotopic (exact) mass is 410 g/mol. The van der Waals surface area contributed by atoms with E-state index in [4.69, 9.17) is 0 Å². The minimum atomic E-state index is -2.66. The third kappa shape index (κ3) is 4.14. The number of rotatable bonds is 4. The number of carbonyl (C=O) groups is 1. The molecule has 1 fully saturated rings. The molecule has 9 heteroatoms. The quantitative estimate of drug-likeness (QED) is 0.781. The number of nitrogens with zero attached hydrogens (tertiary/aromatic N) is 3. The van der Waals surface area contributed by atoms with Crippen molar-refractivity contribution >= 4 is 11.7 Å². The van der Waals surface area contributed by atoms with Crippen molar-refractivity contribution in [2.45, 2.75) is 50.6 Å². The first-order chi connectivity index (χ1) is 13.7. The predicted molar refractivity (Wildman–Crippen MR) is 98.9 cm³/mol. The molecule has 2 aromatic rings. The Morgan fingerprint density at radius 3 is 2.52 bits per heavy atom. The molecule has 1 aromatic heterocycles. The first kappa shape index (κ1) is 19.9. The van der Waals surface area contributed by atoms with Crippen LogP contribution in [0.1, 0.15) is 43.6 Å². The number of anilines is 1. The van der Waals surface area contributed by atoms with Gasteiger partial charge < -0.3 is 9.88 Å². The number of aryl methyl sites for hydroxylation is 1. The van der Waals surface area contributed by atoms with Gasteiger partial charge in [0.25, 0.3) is 5.92 Å². The second-order valence-electron chi connectivity index (χ2n) is 7.76. The van der Waals surface area contributed by atoms with Gasteiger partial charge in [0.1, 0.15) is 17.5 Å². The van der Waals surface area contributed by atoms with Crippen LogP contribution in [0.15, 0.2) is 24.4 Å². The Morgan fingerprint density at radius 1 is 1.21 bits per heavy atom. The molecule has 0 bridgehead atoms. The highest BCUT2D eigenvalue weighted by atomic mass is 19.3. The van der Waals surface area contributed by atoms with Gasteiger partial charge in [0, 0.05) is 44.6 Å². The summed E-state index contributed by atoms with van der Waals surface area (Å²) in [5.41, 5.74) is 0.513. The van der Waals surface area contributed by atoms with Gasteiger partial charge in [-0.3, -0.25) is 9.69 Å². The van der Waals surface area contributed by atoms with Crippen LogP contribution in [0.3, 0.4) is 0 Å². The first-order valence-electron chi connectivity index (χ1n) is 9.68. The van der Waals surface area contributed by atoms with E-state index in [1.807, 2.05) is 4.57 Å². The van der Waals surface area contributed by atoms with Crippen LogP contribution in [0.4, 0.5) is 23.4 Å². The van der Waals surface area contributed by atoms with Crippen molar-refractivity contribution in [1.82, 2.24) is 14.5 Å². The fourth-order valence-corrected chi connectivity index (χ4v) is 4.08. The van der Waals surface area contributed by atoms with Crippen LogP contribution in [0.25, 0.3) is 0 Å². The number of benzene rings is 1. The molecule has 3 heterocycles. The molecule has 0 spiro atoms. The molecule has 0 unspecified atom stereocenters. The van der Waals surface area contributed by atoms with Gasteiger partial charge in [-0.15, -0.1) is 0 Å². The molecule has 0 aliphatic carbocycles. The van der Waals surface area contributed by atoms with E-state index >= 15 is 0 Å². The number of imidazole rings is 1. The molecule has 1 amide bonds. The fraction of sp³-hybridized carbons (Fsp3) is 0.500. The molecule has 1 N–H and O–H groups in total. The highest BCUT2D eigenvalue weighted by Crippen LogP contribution is 2.34. The van der Waals surface area contributed by atoms with Crippen molar-refractivity contribution in [3.05, 3.63) is 47.4 Å². The van der Waals surface area contributed by atoms with Gasteiger partial charge in [-0.1, -0.05) is 0 Å². The minimum Gasteiger partial charge on any atom is -0.325 e. The number of hydrogen-bond acceptors (Lipinski definition) is 3. The Labute approximate surface area is 165 Å². The zero-order valence-electron chi connectivity index (χ0n) is 16.0. The van der Waals surface area contributed by atoms with Crippen LogP contribution in [-0.4, -0.2) is 45.4 Å². The van der Waals surface area contributed by atoms with E-state index in [1.54, 1.807) is 18.0 Å². The highest BCUT2D eigenvalue weighted by molar-refractivity contribution is 5.93. The Hall–Kier alpha value is -2.42. The van der Waals surface area contributed by atoms with Crippen molar-refractivity contribution in [2.24, 2.45) is 0 Å². The summed E-state index contributed by atoms with van der Waals surface area (Å²) < 4.78 is 55.6. The molecule has 5 nitrogen and oxygen atoms in total. The number of hydrogen-bond donors (Lipinski definition) is 1. The van der Waals surface area contributed by atoms with Crippen molar-refractivity contribution in [3.8, 4) is 0 Å². The Morgan fingerprint density at radius 2 is 1.86 bits per heavy atom. The molecular weight excluding hydrogens is 388 g/mol. The van der Waals surface area contributed by atoms with E-state index < -0.39 is 23.6 Å². The summed E-state index contributed by atoms with van der Waals surface area (Å²) in [5.74, 6) is -3.18. The molecule has 2 aliphatic rings. The lowest BCUT2D eigenvalue weighted by Gasteiger charge is -2.34. The number of aromatic nitrogens is 2. The lowest BCUT2D eigenvalue weighted by molar-refractivity contribution is -0.124. The number of halogens is 4. The predicted octanol–water partition coefficient (Wildman–Crippen LogP) is 3.76. The van der Waals surface area contributed by atoms with Crippen LogP contribution in [0.2, 0.25) is 0 Å². The maximum Gasteiger partial charge on any atom is 0.250 e. The van der Waals surface area contributed by atoms with Gasteiger partial charge in [-0.25, -0.2) is 22.5 Å². The molecule has 4 rings (SSSR count). The zero-order chi connectivity index (χ0) is 20.8. The number of fused-ring (bicyclic) bond motifs is 1. The number of amides is 1. The van der Waals surface area contributed by atoms with Crippen molar-refractivity contribution < 1.29 is 22.4 Å². The number of likely N-dealkylation sites (tertiary alicyclic amines) is 1. The lowest BCUT2D eigenvalue weighted by atomic mass is 10.0. The fourth-order valence-electron chi connectivity index (χ4n) is 4.08. The molecule has 1 saturated heterocycles. The van der Waals surface area contributed by atoms with Gasteiger partial charge in [-0.2, -0.15) is 0 Å². The average Bonchev–Trinajstić information content (AvgIpc) is 3.20. The van der Waals surface area contributed by atoms with Crippen LogP contribution >= 0.6 is 0 Å². The molecule has 156 valence electrons. The summed E-state index contributed by atoms with van der Waals surface area (Å²) in [7, 11) is 0. The van der Waals surface area contributed by atoms with E-state index in [0.29, 0.717) is 24.2 Å². The minimum absolute atomic E-state index is 0.161. The third-order valence-corrected chi connectivity index (χ3v) is 5.76. The van der Waals surface area contributed by atoms with Gasteiger partial charge in [0.05, 0.1) is 12.1 Å². The molecule has 2 aliphatic heterocycles. The largest absolute Gasteiger partial charge is 0.325 e. The van der Waals surface area contributed by atoms with Crippen LogP contribution < -0.4 is 5.32 Å². The smallest absolute Gasteiger partial charge is 0.250 e. The van der Waals surface area contributed by atoms with Gasteiger partial charge in [0.15, 0.2) is 5.82 Å². The molecule has 0 radical (unpaired) electrons. The third-order valence-electron chi connectivity index (χ3n) is 5.76. The summed E-state index contributed by atoms with van der Waals surface area (Å²) in [6.07, 6.45) is 2.43. The Bertz CT molecular complexity index is 899. The van der Waals surface area contributed by atoms with E-state index in [-0.39, 0.29) is 37.9 Å². The number of piperidine rings is 1. The Kier molecular flexibility index (Phi) is 5.10. The normalized spacial score (nSPS) is 22.3. The van der Waals surface area contributed by atoms with Crippen LogP contribution in [0, 0.1) is 11.6 Å². The van der Waals surface area contributed by atoms with Gasteiger partial charge >= 0.3 is 0 Å². The van der Waals surface area contributed by atoms with Crippen LogP contribution in [-0.2, 0) is 11.2 Å². The maximum atomic E-state index is 13.6. The lowest BCUT2D eigenvalue weighted by Crippen LogP contribution is -2.48. The Balaban J connectivity index is 1.44. The van der Waals surface area contributed by atoms with E-state index in [9.17, 15) is 22.4 Å². The van der Waals surface area contributed by atoms with E-state index in [1.165, 1.54) is 12.1 Å². The zero-order valence-corrected chi connectivity index (χ0v) is 16.0. The summed E-state index contributed by atoms with van der Waals surface area (Å²) in [6, 6.07) is 2.62. The number of carbonyl (C=O) groups excluding carboxylic acids is 1. The molecular formula is C20H22F4N4O. The summed E-state index contributed by atoms with van der Waals surface area (Å²) in [5, 5.41) is 2.74. The second-order valence-corrected chi connectivity index (χ2v) is 7.76. The van der Waals surface area contributed by atoms with Gasteiger partial charge in [0.2, 0.25) is 5.91 Å². The van der Waals surface area contributed by atoms with Crippen molar-refractivity contribution in [3.63, 3.8) is 0 Å². The average molecular weight is 410 g/mol.